The fourth-order valence-electron chi connectivity index (χ4n) is 3.65. The minimum absolute atomic E-state index is 0.0934. The molecule has 1 unspecified atom stereocenters. The molecule has 2 heterocycles. The van der Waals surface area contributed by atoms with Gasteiger partial charge in [-0.15, -0.1) is 0 Å². The summed E-state index contributed by atoms with van der Waals surface area (Å²) in [4.78, 5) is 38.8. The Bertz CT molecular complexity index is 633. The average molecular weight is 330 g/mol. The molecule has 6 nitrogen and oxygen atoms in total. The molecular formula is C18H24N3O3+. The lowest BCUT2D eigenvalue weighted by molar-refractivity contribution is -0.914. The van der Waals surface area contributed by atoms with Crippen molar-refractivity contribution in [1.29, 1.82) is 0 Å². The molecule has 0 aliphatic carbocycles. The second kappa shape index (κ2) is 7.13. The standard InChI is InChI=1S/C18H23N3O3/c1-13(22)19-14-6-8-15(9-7-14)21-17(23)12-16(18(21)24)20-10-4-2-3-5-11-20/h6-9,16H,2-5,10-12H2,1H3,(H,19,22)/p+1. The van der Waals surface area contributed by atoms with Crippen molar-refractivity contribution in [3.63, 3.8) is 0 Å². The number of nitrogens with one attached hydrogen (secondary N) is 2. The molecule has 0 spiro atoms. The number of quaternary nitrogens is 1. The predicted octanol–water partition coefficient (Wildman–Crippen LogP) is 0.736. The second-order valence-corrected chi connectivity index (χ2v) is 6.62. The highest BCUT2D eigenvalue weighted by Crippen LogP contribution is 2.24. The van der Waals surface area contributed by atoms with E-state index in [0.717, 1.165) is 25.9 Å². The molecule has 2 aliphatic heterocycles. The van der Waals surface area contributed by atoms with E-state index in [4.69, 9.17) is 0 Å². The van der Waals surface area contributed by atoms with E-state index in [9.17, 15) is 14.4 Å². The van der Waals surface area contributed by atoms with Gasteiger partial charge in [-0.25, -0.2) is 4.90 Å². The van der Waals surface area contributed by atoms with Crippen LogP contribution in [0.15, 0.2) is 24.3 Å². The summed E-state index contributed by atoms with van der Waals surface area (Å²) in [6, 6.07) is 6.60. The molecule has 128 valence electrons. The number of carbonyl (C=O) groups is 3. The maximum Gasteiger partial charge on any atom is 0.292 e. The van der Waals surface area contributed by atoms with E-state index in [2.05, 4.69) is 5.32 Å². The van der Waals surface area contributed by atoms with Gasteiger partial charge >= 0.3 is 0 Å². The molecule has 0 saturated carbocycles. The summed E-state index contributed by atoms with van der Waals surface area (Å²) >= 11 is 0. The summed E-state index contributed by atoms with van der Waals surface area (Å²) in [6.07, 6.45) is 4.97. The Hall–Kier alpha value is -2.21. The number of hydrogen-bond donors (Lipinski definition) is 2. The molecule has 3 rings (SSSR count). The molecule has 3 amide bonds. The largest absolute Gasteiger partial charge is 0.326 e. The van der Waals surface area contributed by atoms with E-state index >= 15 is 0 Å². The van der Waals surface area contributed by atoms with Gasteiger partial charge in [0.1, 0.15) is 0 Å². The molecule has 2 saturated heterocycles. The fourth-order valence-corrected chi connectivity index (χ4v) is 3.65. The summed E-state index contributed by atoms with van der Waals surface area (Å²) in [7, 11) is 0. The van der Waals surface area contributed by atoms with Crippen molar-refractivity contribution >= 4 is 29.1 Å². The van der Waals surface area contributed by atoms with Gasteiger partial charge in [0.15, 0.2) is 6.04 Å². The minimum atomic E-state index is -0.245. The SMILES string of the molecule is CC(=O)Nc1ccc(N2C(=O)CC([NH+]3CCCCCC3)C2=O)cc1. The van der Waals surface area contributed by atoms with Gasteiger partial charge in [0.05, 0.1) is 25.2 Å². The van der Waals surface area contributed by atoms with Crippen LogP contribution in [0.1, 0.15) is 39.0 Å². The number of anilines is 2. The second-order valence-electron chi connectivity index (χ2n) is 6.62. The number of hydrogen-bond acceptors (Lipinski definition) is 3. The Labute approximate surface area is 141 Å². The maximum atomic E-state index is 12.8. The van der Waals surface area contributed by atoms with Crippen molar-refractivity contribution in [2.75, 3.05) is 23.3 Å². The van der Waals surface area contributed by atoms with E-state index in [-0.39, 0.29) is 23.8 Å². The van der Waals surface area contributed by atoms with Crippen LogP contribution in [0.4, 0.5) is 11.4 Å². The Morgan fingerprint density at radius 3 is 2.29 bits per heavy atom. The van der Waals surface area contributed by atoms with Gasteiger partial charge in [0.2, 0.25) is 11.8 Å². The third kappa shape index (κ3) is 3.48. The molecule has 2 aliphatic rings. The summed E-state index contributed by atoms with van der Waals surface area (Å²) in [6.45, 7) is 3.38. The zero-order chi connectivity index (χ0) is 17.1. The van der Waals surface area contributed by atoms with E-state index < -0.39 is 0 Å². The molecule has 2 N–H and O–H groups in total. The lowest BCUT2D eigenvalue weighted by Crippen LogP contribution is -3.16. The van der Waals surface area contributed by atoms with Crippen LogP contribution in [-0.2, 0) is 14.4 Å². The van der Waals surface area contributed by atoms with Gasteiger partial charge in [0.25, 0.3) is 5.91 Å². The first kappa shape index (κ1) is 16.6. The number of amides is 3. The maximum absolute atomic E-state index is 12.8. The van der Waals surface area contributed by atoms with Crippen molar-refractivity contribution in [2.24, 2.45) is 0 Å². The first-order chi connectivity index (χ1) is 11.6. The Morgan fingerprint density at radius 2 is 1.71 bits per heavy atom. The normalized spacial score (nSPS) is 22.5. The van der Waals surface area contributed by atoms with Crippen molar-refractivity contribution in [1.82, 2.24) is 0 Å². The van der Waals surface area contributed by atoms with Crippen molar-refractivity contribution < 1.29 is 19.3 Å². The highest BCUT2D eigenvalue weighted by atomic mass is 16.2. The van der Waals surface area contributed by atoms with Crippen LogP contribution in [0.2, 0.25) is 0 Å². The highest BCUT2D eigenvalue weighted by molar-refractivity contribution is 6.21. The van der Waals surface area contributed by atoms with Gasteiger partial charge in [-0.05, 0) is 49.9 Å². The van der Waals surface area contributed by atoms with Gasteiger partial charge in [0, 0.05) is 12.6 Å². The number of nitrogens with zero attached hydrogens (tertiary/aromatic N) is 1. The number of carbonyl (C=O) groups excluding carboxylic acids is 3. The summed E-state index contributed by atoms with van der Waals surface area (Å²) < 4.78 is 0. The topological polar surface area (TPSA) is 70.9 Å². The van der Waals surface area contributed by atoms with Crippen LogP contribution in [0.3, 0.4) is 0 Å². The monoisotopic (exact) mass is 330 g/mol. The van der Waals surface area contributed by atoms with Crippen LogP contribution in [-0.4, -0.2) is 36.9 Å². The van der Waals surface area contributed by atoms with Gasteiger partial charge in [-0.3, -0.25) is 14.4 Å². The van der Waals surface area contributed by atoms with Crippen molar-refractivity contribution in [3.8, 4) is 0 Å². The zero-order valence-electron chi connectivity index (χ0n) is 14.0. The number of benzene rings is 1. The third-order valence-corrected chi connectivity index (χ3v) is 4.83. The molecule has 1 aromatic rings. The number of imide groups is 1. The third-order valence-electron chi connectivity index (χ3n) is 4.83. The molecule has 0 radical (unpaired) electrons. The quantitative estimate of drug-likeness (QED) is 0.803. The van der Waals surface area contributed by atoms with Crippen molar-refractivity contribution in [3.05, 3.63) is 24.3 Å². The molecule has 0 aromatic heterocycles. The Morgan fingerprint density at radius 1 is 1.08 bits per heavy atom. The lowest BCUT2D eigenvalue weighted by atomic mass is 10.2. The molecule has 24 heavy (non-hydrogen) atoms. The van der Waals surface area contributed by atoms with Crippen LogP contribution in [0.5, 0.6) is 0 Å². The van der Waals surface area contributed by atoms with Crippen LogP contribution < -0.4 is 15.1 Å². The Balaban J connectivity index is 1.75. The van der Waals surface area contributed by atoms with E-state index in [1.165, 1.54) is 29.6 Å². The predicted molar refractivity (Wildman–Crippen MR) is 90.8 cm³/mol. The minimum Gasteiger partial charge on any atom is -0.326 e. The smallest absolute Gasteiger partial charge is 0.292 e. The van der Waals surface area contributed by atoms with Gasteiger partial charge in [-0.1, -0.05) is 0 Å². The lowest BCUT2D eigenvalue weighted by Gasteiger charge is -2.22. The molecular weight excluding hydrogens is 306 g/mol. The number of rotatable bonds is 3. The first-order valence-electron chi connectivity index (χ1n) is 8.65. The van der Waals surface area contributed by atoms with Crippen LogP contribution in [0.25, 0.3) is 0 Å². The molecule has 1 atom stereocenters. The van der Waals surface area contributed by atoms with E-state index in [1.807, 2.05) is 0 Å². The van der Waals surface area contributed by atoms with Gasteiger partial charge in [-0.2, -0.15) is 0 Å². The molecule has 6 heteroatoms. The molecule has 2 fully saturated rings. The highest BCUT2D eigenvalue weighted by Gasteiger charge is 2.45. The fraction of sp³-hybridized carbons (Fsp3) is 0.500. The average Bonchev–Trinajstić information content (AvgIpc) is 2.73. The molecule has 0 bridgehead atoms. The Kier molecular flexibility index (Phi) is 4.94. The number of likely N-dealkylation sites (tertiary alicyclic amines) is 1. The summed E-state index contributed by atoms with van der Waals surface area (Å²) in [5.41, 5.74) is 1.23. The van der Waals surface area contributed by atoms with E-state index in [0.29, 0.717) is 17.8 Å². The zero-order valence-corrected chi connectivity index (χ0v) is 14.0. The first-order valence-corrected chi connectivity index (χ1v) is 8.65. The van der Waals surface area contributed by atoms with Crippen LogP contribution in [0, 0.1) is 0 Å². The summed E-state index contributed by atoms with van der Waals surface area (Å²) in [5, 5.41) is 2.68. The molecule has 1 aromatic carbocycles. The van der Waals surface area contributed by atoms with Crippen molar-refractivity contribution in [2.45, 2.75) is 45.1 Å². The summed E-state index contributed by atoms with van der Waals surface area (Å²) in [5.74, 6) is -0.376. The van der Waals surface area contributed by atoms with E-state index in [1.54, 1.807) is 24.3 Å². The van der Waals surface area contributed by atoms with Gasteiger partial charge < -0.3 is 10.2 Å². The van der Waals surface area contributed by atoms with Crippen LogP contribution >= 0.6 is 0 Å².